The van der Waals surface area contributed by atoms with Gasteiger partial charge in [0.25, 0.3) is 0 Å². The molecule has 0 aliphatic heterocycles. The van der Waals surface area contributed by atoms with Crippen molar-refractivity contribution in [2.75, 3.05) is 0 Å². The Bertz CT molecular complexity index is 321. The van der Waals surface area contributed by atoms with Crippen molar-refractivity contribution in [1.82, 2.24) is 4.57 Å². The Morgan fingerprint density at radius 1 is 1.58 bits per heavy atom. The third kappa shape index (κ3) is 1.75. The summed E-state index contributed by atoms with van der Waals surface area (Å²) >= 11 is 0. The number of nitrogens with zero attached hydrogens (tertiary/aromatic N) is 1. The number of rotatable bonds is 2. The molecule has 0 aliphatic rings. The summed E-state index contributed by atoms with van der Waals surface area (Å²) in [5.74, 6) is 0. The van der Waals surface area contributed by atoms with E-state index in [4.69, 9.17) is 10.0 Å². The van der Waals surface area contributed by atoms with Crippen LogP contribution in [0, 0.1) is 0 Å². The summed E-state index contributed by atoms with van der Waals surface area (Å²) in [6, 6.07) is 2.73. The number of aryl methyl sites for hydroxylation is 1. The Morgan fingerprint density at radius 3 is 2.67 bits per heavy atom. The average molecular weight is 167 g/mol. The first-order valence-corrected chi connectivity index (χ1v) is 3.71. The minimum atomic E-state index is -1.57. The van der Waals surface area contributed by atoms with E-state index in [1.165, 1.54) is 22.9 Å². The Balaban J connectivity index is 3.11. The van der Waals surface area contributed by atoms with Gasteiger partial charge in [-0.3, -0.25) is 4.79 Å². The van der Waals surface area contributed by atoms with Crippen LogP contribution >= 0.6 is 0 Å². The van der Waals surface area contributed by atoms with Crippen LogP contribution in [-0.2, 0) is 6.54 Å². The molecule has 0 amide bonds. The maximum Gasteiger partial charge on any atom is 0.488 e. The van der Waals surface area contributed by atoms with Gasteiger partial charge >= 0.3 is 7.12 Å². The lowest BCUT2D eigenvalue weighted by molar-refractivity contribution is 0.425. The van der Waals surface area contributed by atoms with E-state index >= 15 is 0 Å². The highest BCUT2D eigenvalue weighted by Crippen LogP contribution is 1.80. The van der Waals surface area contributed by atoms with Crippen LogP contribution in [0.2, 0.25) is 0 Å². The quantitative estimate of drug-likeness (QED) is 0.529. The van der Waals surface area contributed by atoms with Gasteiger partial charge in [0.2, 0.25) is 5.56 Å². The van der Waals surface area contributed by atoms with Gasteiger partial charge in [-0.1, -0.05) is 0 Å². The minimum absolute atomic E-state index is 0.219. The first-order valence-electron chi connectivity index (χ1n) is 3.71. The molecule has 0 aromatic carbocycles. The van der Waals surface area contributed by atoms with E-state index in [0.717, 1.165) is 0 Å². The average Bonchev–Trinajstić information content (AvgIpc) is 2.04. The van der Waals surface area contributed by atoms with Gasteiger partial charge in [-0.15, -0.1) is 0 Å². The van der Waals surface area contributed by atoms with Crippen LogP contribution < -0.4 is 11.0 Å². The van der Waals surface area contributed by atoms with Crippen molar-refractivity contribution >= 4 is 12.6 Å². The maximum atomic E-state index is 11.1. The van der Waals surface area contributed by atoms with E-state index in [0.29, 0.717) is 6.54 Å². The molecule has 0 bridgehead atoms. The van der Waals surface area contributed by atoms with Gasteiger partial charge in [-0.05, 0) is 18.5 Å². The zero-order valence-corrected chi connectivity index (χ0v) is 6.77. The van der Waals surface area contributed by atoms with Gasteiger partial charge in [-0.25, -0.2) is 0 Å². The molecule has 1 rings (SSSR count). The predicted octanol–water partition coefficient (Wildman–Crippen LogP) is -1.45. The molecule has 2 N–H and O–H groups in total. The van der Waals surface area contributed by atoms with E-state index in [1.807, 2.05) is 6.92 Å². The predicted molar refractivity (Wildman–Crippen MR) is 46.2 cm³/mol. The van der Waals surface area contributed by atoms with E-state index < -0.39 is 7.12 Å². The number of pyridine rings is 1. The summed E-state index contributed by atoms with van der Waals surface area (Å²) in [6.45, 7) is 2.43. The fourth-order valence-electron chi connectivity index (χ4n) is 0.945. The van der Waals surface area contributed by atoms with Gasteiger partial charge in [0.15, 0.2) is 0 Å². The second-order valence-corrected chi connectivity index (χ2v) is 2.46. The smallest absolute Gasteiger partial charge is 0.423 e. The lowest BCUT2D eigenvalue weighted by Gasteiger charge is -2.02. The second kappa shape index (κ2) is 3.56. The van der Waals surface area contributed by atoms with Crippen molar-refractivity contribution in [3.8, 4) is 0 Å². The number of hydrogen-bond acceptors (Lipinski definition) is 3. The summed E-state index contributed by atoms with van der Waals surface area (Å²) in [4.78, 5) is 11.1. The van der Waals surface area contributed by atoms with Crippen LogP contribution in [0.5, 0.6) is 0 Å². The lowest BCUT2D eigenvalue weighted by Crippen LogP contribution is -2.34. The lowest BCUT2D eigenvalue weighted by atomic mass is 9.81. The molecule has 0 saturated heterocycles. The molecule has 64 valence electrons. The zero-order chi connectivity index (χ0) is 9.14. The third-order valence-electron chi connectivity index (χ3n) is 1.66. The summed E-state index contributed by atoms with van der Waals surface area (Å²) in [6.07, 6.45) is 1.54. The van der Waals surface area contributed by atoms with Crippen LogP contribution in [0.15, 0.2) is 23.1 Å². The van der Waals surface area contributed by atoms with Crippen molar-refractivity contribution in [1.29, 1.82) is 0 Å². The first kappa shape index (κ1) is 9.03. The molecule has 1 aromatic heterocycles. The normalized spacial score (nSPS) is 9.92. The largest absolute Gasteiger partial charge is 0.488 e. The maximum absolute atomic E-state index is 11.1. The van der Waals surface area contributed by atoms with E-state index in [9.17, 15) is 4.79 Å². The summed E-state index contributed by atoms with van der Waals surface area (Å²) in [5, 5.41) is 17.4. The van der Waals surface area contributed by atoms with Crippen LogP contribution in [0.25, 0.3) is 0 Å². The molecule has 0 radical (unpaired) electrons. The Morgan fingerprint density at radius 2 is 2.25 bits per heavy atom. The fourth-order valence-corrected chi connectivity index (χ4v) is 0.945. The molecule has 1 aromatic rings. The van der Waals surface area contributed by atoms with Crippen molar-refractivity contribution < 1.29 is 10.0 Å². The zero-order valence-electron chi connectivity index (χ0n) is 6.77. The van der Waals surface area contributed by atoms with Crippen molar-refractivity contribution in [3.63, 3.8) is 0 Å². The van der Waals surface area contributed by atoms with Gasteiger partial charge < -0.3 is 14.6 Å². The molecule has 0 fully saturated rings. The Kier molecular flexibility index (Phi) is 2.67. The molecular weight excluding hydrogens is 157 g/mol. The molecule has 0 unspecified atom stereocenters. The molecule has 4 nitrogen and oxygen atoms in total. The molecule has 12 heavy (non-hydrogen) atoms. The molecular formula is C7H10BNO3. The van der Waals surface area contributed by atoms with Crippen molar-refractivity contribution in [2.45, 2.75) is 13.5 Å². The minimum Gasteiger partial charge on any atom is -0.423 e. The van der Waals surface area contributed by atoms with Crippen LogP contribution in [0.1, 0.15) is 6.92 Å². The first-order chi connectivity index (χ1) is 5.65. The van der Waals surface area contributed by atoms with E-state index in [2.05, 4.69) is 0 Å². The van der Waals surface area contributed by atoms with Gasteiger partial charge in [0.05, 0.1) is 0 Å². The summed E-state index contributed by atoms with van der Waals surface area (Å²) < 4.78 is 1.48. The highest BCUT2D eigenvalue weighted by atomic mass is 16.4. The monoisotopic (exact) mass is 167 g/mol. The number of aromatic nitrogens is 1. The Labute approximate surface area is 70.2 Å². The van der Waals surface area contributed by atoms with E-state index in [1.54, 1.807) is 0 Å². The molecule has 1 heterocycles. The second-order valence-electron chi connectivity index (χ2n) is 2.46. The SMILES string of the molecule is CCn1ccc(B(O)O)cc1=O. The highest BCUT2D eigenvalue weighted by Gasteiger charge is 2.10. The summed E-state index contributed by atoms with van der Waals surface area (Å²) in [5.41, 5.74) is 0.00722. The highest BCUT2D eigenvalue weighted by molar-refractivity contribution is 6.58. The third-order valence-corrected chi connectivity index (χ3v) is 1.66. The molecule has 0 atom stereocenters. The molecule has 0 spiro atoms. The van der Waals surface area contributed by atoms with Gasteiger partial charge in [-0.2, -0.15) is 0 Å². The standard InChI is InChI=1S/C7H10BNO3/c1-2-9-4-3-6(8(11)12)5-7(9)10/h3-5,11-12H,2H2,1H3. The Hall–Kier alpha value is -1.07. The fraction of sp³-hybridized carbons (Fsp3) is 0.286. The van der Waals surface area contributed by atoms with E-state index in [-0.39, 0.29) is 11.0 Å². The molecule has 0 saturated carbocycles. The number of hydrogen-bond donors (Lipinski definition) is 2. The van der Waals surface area contributed by atoms with Gasteiger partial charge in [0, 0.05) is 18.8 Å². The van der Waals surface area contributed by atoms with Crippen molar-refractivity contribution in [2.24, 2.45) is 0 Å². The van der Waals surface area contributed by atoms with Crippen LogP contribution in [0.4, 0.5) is 0 Å². The topological polar surface area (TPSA) is 62.5 Å². The van der Waals surface area contributed by atoms with Crippen LogP contribution in [0.3, 0.4) is 0 Å². The molecule has 0 aliphatic carbocycles. The van der Waals surface area contributed by atoms with Gasteiger partial charge in [0.1, 0.15) is 0 Å². The van der Waals surface area contributed by atoms with Crippen LogP contribution in [-0.4, -0.2) is 21.7 Å². The van der Waals surface area contributed by atoms with Crippen molar-refractivity contribution in [3.05, 3.63) is 28.7 Å². The molecule has 5 heteroatoms. The summed E-state index contributed by atoms with van der Waals surface area (Å²) in [7, 11) is -1.57.